The highest BCUT2D eigenvalue weighted by atomic mass is 16.6. The molecule has 0 fully saturated rings. The Hall–Kier alpha value is -3.80. The SMILES string of the molecule is CCC(=O)CC1(C)C(=CC=CC2=[N+](C)C3=C(CC([N+](=O)[O-])C=C3)C2(C)C)N(C)c2ccc3ccccc3c21. The Kier molecular flexibility index (Phi) is 6.25. The number of Topliss-reactive ketones (excluding diaryl/α,β-unsaturated/α-hetero) is 1. The number of rotatable bonds is 6. The first-order valence-corrected chi connectivity index (χ1v) is 13.3. The van der Waals surface area contributed by atoms with Gasteiger partial charge >= 0.3 is 0 Å². The zero-order valence-electron chi connectivity index (χ0n) is 23.1. The lowest BCUT2D eigenvalue weighted by atomic mass is 9.75. The number of nitrogens with zero attached hydrogens (tertiary/aromatic N) is 3. The minimum absolute atomic E-state index is 0.204. The van der Waals surface area contributed by atoms with E-state index in [1.807, 2.05) is 20.0 Å². The number of benzene rings is 2. The molecule has 0 N–H and O–H groups in total. The predicted molar refractivity (Wildman–Crippen MR) is 153 cm³/mol. The average Bonchev–Trinajstić information content (AvgIpc) is 3.22. The second-order valence-corrected chi connectivity index (χ2v) is 11.4. The molecule has 0 aromatic heterocycles. The molecule has 196 valence electrons. The van der Waals surface area contributed by atoms with Crippen LogP contribution in [0.1, 0.15) is 52.5 Å². The maximum atomic E-state index is 12.9. The van der Waals surface area contributed by atoms with Crippen LogP contribution in [0.4, 0.5) is 5.69 Å². The fraction of sp³-hybridized carbons (Fsp3) is 0.375. The summed E-state index contributed by atoms with van der Waals surface area (Å²) < 4.78 is 2.15. The van der Waals surface area contributed by atoms with Crippen molar-refractivity contribution in [2.24, 2.45) is 5.41 Å². The van der Waals surface area contributed by atoms with Gasteiger partial charge in [-0.1, -0.05) is 43.3 Å². The lowest BCUT2D eigenvalue weighted by Crippen LogP contribution is -2.29. The van der Waals surface area contributed by atoms with E-state index in [0.717, 1.165) is 28.4 Å². The van der Waals surface area contributed by atoms with Crippen LogP contribution in [0, 0.1) is 15.5 Å². The number of hydrogen-bond donors (Lipinski definition) is 0. The van der Waals surface area contributed by atoms with E-state index in [1.54, 1.807) is 6.08 Å². The fourth-order valence-electron chi connectivity index (χ4n) is 6.71. The lowest BCUT2D eigenvalue weighted by molar-refractivity contribution is -0.510. The van der Waals surface area contributed by atoms with Crippen molar-refractivity contribution in [3.8, 4) is 0 Å². The molecule has 6 nitrogen and oxygen atoms in total. The van der Waals surface area contributed by atoms with Crippen molar-refractivity contribution in [2.75, 3.05) is 19.0 Å². The first kappa shape index (κ1) is 25.8. The Labute approximate surface area is 224 Å². The van der Waals surface area contributed by atoms with E-state index in [4.69, 9.17) is 0 Å². The lowest BCUT2D eigenvalue weighted by Gasteiger charge is -2.28. The normalized spacial score (nSPS) is 25.2. The van der Waals surface area contributed by atoms with Gasteiger partial charge in [-0.25, -0.2) is 0 Å². The van der Waals surface area contributed by atoms with Crippen LogP contribution < -0.4 is 4.90 Å². The van der Waals surface area contributed by atoms with E-state index in [-0.39, 0.29) is 16.1 Å². The molecule has 2 unspecified atom stereocenters. The van der Waals surface area contributed by atoms with Gasteiger partial charge in [0.25, 0.3) is 0 Å². The standard InChI is InChI=1S/C32H36N3O3/c1-7-23(36)20-32(4)29(34(6)27-17-15-21-11-8-9-12-24(21)30(27)32)14-10-13-28-31(2,3)25-19-22(35(37)38)16-18-26(25)33(28)5/h8-18,22H,7,19-20H2,1-6H3/q+1. The van der Waals surface area contributed by atoms with Crippen LogP contribution in [0.2, 0.25) is 0 Å². The van der Waals surface area contributed by atoms with Crippen molar-refractivity contribution in [2.45, 2.75) is 58.4 Å². The molecule has 2 heterocycles. The number of nitro groups is 1. The number of likely N-dealkylation sites (N-methyl/N-ethyl adjacent to an activating group) is 2. The molecule has 2 aromatic carbocycles. The summed E-state index contributed by atoms with van der Waals surface area (Å²) in [6.45, 7) is 8.40. The number of anilines is 1. The van der Waals surface area contributed by atoms with Crippen LogP contribution in [0.3, 0.4) is 0 Å². The molecule has 0 saturated heterocycles. The molecular formula is C32H36N3O3+. The zero-order valence-corrected chi connectivity index (χ0v) is 23.1. The molecule has 5 rings (SSSR count). The molecule has 0 saturated carbocycles. The van der Waals surface area contributed by atoms with Crippen molar-refractivity contribution in [3.05, 3.63) is 99.4 Å². The van der Waals surface area contributed by atoms with Crippen LogP contribution >= 0.6 is 0 Å². The molecule has 2 aliphatic heterocycles. The van der Waals surface area contributed by atoms with Gasteiger partial charge in [0.2, 0.25) is 11.7 Å². The third-order valence-electron chi connectivity index (χ3n) is 8.79. The van der Waals surface area contributed by atoms with Crippen LogP contribution in [0.15, 0.2) is 83.7 Å². The van der Waals surface area contributed by atoms with Gasteiger partial charge in [-0.2, -0.15) is 4.58 Å². The monoisotopic (exact) mass is 510 g/mol. The van der Waals surface area contributed by atoms with E-state index < -0.39 is 11.5 Å². The summed E-state index contributed by atoms with van der Waals surface area (Å²) in [7, 11) is 4.11. The average molecular weight is 511 g/mol. The van der Waals surface area contributed by atoms with Gasteiger partial charge in [0.1, 0.15) is 12.8 Å². The van der Waals surface area contributed by atoms with E-state index in [2.05, 4.69) is 91.9 Å². The van der Waals surface area contributed by atoms with Gasteiger partial charge in [0.05, 0.1) is 5.41 Å². The van der Waals surface area contributed by atoms with Gasteiger partial charge in [-0.15, -0.1) is 0 Å². The van der Waals surface area contributed by atoms with Crippen molar-refractivity contribution >= 4 is 28.0 Å². The van der Waals surface area contributed by atoms with Gasteiger partial charge in [-0.05, 0) is 55.3 Å². The number of fused-ring (bicyclic) bond motifs is 3. The summed E-state index contributed by atoms with van der Waals surface area (Å²) in [5, 5.41) is 13.8. The third kappa shape index (κ3) is 3.85. The highest BCUT2D eigenvalue weighted by molar-refractivity contribution is 6.00. The highest BCUT2D eigenvalue weighted by Gasteiger charge is 2.48. The van der Waals surface area contributed by atoms with Gasteiger partial charge in [0.15, 0.2) is 5.71 Å². The third-order valence-corrected chi connectivity index (χ3v) is 8.79. The number of allylic oxidation sites excluding steroid dienone is 5. The number of hydrogen-bond acceptors (Lipinski definition) is 4. The summed E-state index contributed by atoms with van der Waals surface area (Å²) in [6.07, 6.45) is 11.3. The summed E-state index contributed by atoms with van der Waals surface area (Å²) in [6, 6.07) is 12.0. The van der Waals surface area contributed by atoms with Crippen LogP contribution in [-0.2, 0) is 10.2 Å². The summed E-state index contributed by atoms with van der Waals surface area (Å²) in [4.78, 5) is 26.3. The summed E-state index contributed by atoms with van der Waals surface area (Å²) >= 11 is 0. The number of ketones is 1. The van der Waals surface area contributed by atoms with Crippen molar-refractivity contribution in [1.82, 2.24) is 0 Å². The minimum atomic E-state index is -0.677. The summed E-state index contributed by atoms with van der Waals surface area (Å²) in [5.74, 6) is 0.242. The number of carbonyl (C=O) groups is 1. The molecule has 0 amide bonds. The molecule has 0 radical (unpaired) electrons. The molecule has 38 heavy (non-hydrogen) atoms. The second kappa shape index (κ2) is 9.19. The molecule has 3 aliphatic rings. The Morgan fingerprint density at radius 2 is 1.95 bits per heavy atom. The topological polar surface area (TPSA) is 66.5 Å². The molecule has 2 aromatic rings. The molecule has 0 spiro atoms. The van der Waals surface area contributed by atoms with E-state index >= 15 is 0 Å². The van der Waals surface area contributed by atoms with E-state index in [1.165, 1.54) is 16.3 Å². The first-order valence-electron chi connectivity index (χ1n) is 13.3. The Morgan fingerprint density at radius 3 is 2.66 bits per heavy atom. The summed E-state index contributed by atoms with van der Waals surface area (Å²) in [5.41, 5.74) is 5.91. The molecule has 6 heteroatoms. The smallest absolute Gasteiger partial charge is 0.235 e. The van der Waals surface area contributed by atoms with E-state index in [9.17, 15) is 14.9 Å². The van der Waals surface area contributed by atoms with Gasteiger partial charge < -0.3 is 4.90 Å². The largest absolute Gasteiger partial charge is 0.347 e. The minimum Gasteiger partial charge on any atom is -0.347 e. The molecular weight excluding hydrogens is 474 g/mol. The van der Waals surface area contributed by atoms with E-state index in [0.29, 0.717) is 19.3 Å². The molecule has 2 atom stereocenters. The highest BCUT2D eigenvalue weighted by Crippen LogP contribution is 2.52. The first-order chi connectivity index (χ1) is 18.0. The van der Waals surface area contributed by atoms with Gasteiger partial charge in [0, 0.05) is 65.8 Å². The van der Waals surface area contributed by atoms with Crippen molar-refractivity contribution in [1.29, 1.82) is 0 Å². The fourth-order valence-corrected chi connectivity index (χ4v) is 6.71. The maximum absolute atomic E-state index is 12.9. The van der Waals surface area contributed by atoms with Crippen LogP contribution in [0.5, 0.6) is 0 Å². The Balaban J connectivity index is 1.55. The van der Waals surface area contributed by atoms with Crippen molar-refractivity contribution in [3.63, 3.8) is 0 Å². The maximum Gasteiger partial charge on any atom is 0.235 e. The molecule has 1 aliphatic carbocycles. The quantitative estimate of drug-likeness (QED) is 0.258. The predicted octanol–water partition coefficient (Wildman–Crippen LogP) is 6.34. The second-order valence-electron chi connectivity index (χ2n) is 11.4. The zero-order chi connectivity index (χ0) is 27.4. The Bertz CT molecular complexity index is 1520. The van der Waals surface area contributed by atoms with Crippen LogP contribution in [0.25, 0.3) is 10.8 Å². The molecule has 0 bridgehead atoms. The van der Waals surface area contributed by atoms with Crippen LogP contribution in [-0.4, -0.2) is 41.1 Å². The number of carbonyl (C=O) groups excluding carboxylic acids is 1. The van der Waals surface area contributed by atoms with Gasteiger partial charge in [-0.3, -0.25) is 14.9 Å². The Morgan fingerprint density at radius 1 is 1.21 bits per heavy atom. The van der Waals surface area contributed by atoms with Crippen molar-refractivity contribution < 1.29 is 14.3 Å².